The van der Waals surface area contributed by atoms with E-state index in [1.807, 2.05) is 6.92 Å². The molecule has 112 valence electrons. The Labute approximate surface area is 126 Å². The fourth-order valence-corrected chi connectivity index (χ4v) is 2.68. The molecule has 1 aliphatic carbocycles. The van der Waals surface area contributed by atoms with Crippen molar-refractivity contribution in [1.29, 1.82) is 0 Å². The van der Waals surface area contributed by atoms with Crippen LogP contribution in [0.15, 0.2) is 0 Å². The zero-order chi connectivity index (χ0) is 14.9. The quantitative estimate of drug-likeness (QED) is 0.864. The van der Waals surface area contributed by atoms with Gasteiger partial charge in [-0.25, -0.2) is 9.97 Å². The van der Waals surface area contributed by atoms with E-state index in [0.717, 1.165) is 30.0 Å². The summed E-state index contributed by atoms with van der Waals surface area (Å²) >= 11 is 6.26. The van der Waals surface area contributed by atoms with Crippen molar-refractivity contribution in [2.45, 2.75) is 64.5 Å². The summed E-state index contributed by atoms with van der Waals surface area (Å²) in [5, 5.41) is 4.03. The van der Waals surface area contributed by atoms with Gasteiger partial charge in [-0.15, -0.1) is 0 Å². The van der Waals surface area contributed by atoms with Crippen LogP contribution in [0.3, 0.4) is 0 Å². The molecule has 0 saturated heterocycles. The van der Waals surface area contributed by atoms with E-state index >= 15 is 0 Å². The van der Waals surface area contributed by atoms with Gasteiger partial charge < -0.3 is 10.1 Å². The van der Waals surface area contributed by atoms with Gasteiger partial charge in [-0.05, 0) is 26.2 Å². The van der Waals surface area contributed by atoms with Crippen molar-refractivity contribution < 1.29 is 4.74 Å². The minimum Gasteiger partial charge on any atom is -0.379 e. The fraction of sp³-hybridized carbons (Fsp3) is 0.733. The third kappa shape index (κ3) is 3.23. The molecule has 1 aliphatic rings. The average molecular weight is 298 g/mol. The predicted molar refractivity (Wildman–Crippen MR) is 82.5 cm³/mol. The minimum atomic E-state index is -0.121. The highest BCUT2D eigenvalue weighted by Gasteiger charge is 2.29. The summed E-state index contributed by atoms with van der Waals surface area (Å²) in [4.78, 5) is 9.08. The van der Waals surface area contributed by atoms with Gasteiger partial charge in [-0.1, -0.05) is 32.4 Å². The molecule has 20 heavy (non-hydrogen) atoms. The predicted octanol–water partition coefficient (Wildman–Crippen LogP) is 3.72. The van der Waals surface area contributed by atoms with E-state index in [1.54, 1.807) is 7.11 Å². The van der Waals surface area contributed by atoms with Crippen molar-refractivity contribution in [1.82, 2.24) is 9.97 Å². The number of hydrogen-bond donors (Lipinski definition) is 1. The fourth-order valence-electron chi connectivity index (χ4n) is 2.51. The van der Waals surface area contributed by atoms with Crippen LogP contribution in [-0.4, -0.2) is 29.2 Å². The highest BCUT2D eigenvalue weighted by atomic mass is 35.5. The van der Waals surface area contributed by atoms with Crippen LogP contribution in [-0.2, 0) is 10.2 Å². The number of anilines is 1. The van der Waals surface area contributed by atoms with Crippen LogP contribution >= 0.6 is 11.6 Å². The summed E-state index contributed by atoms with van der Waals surface area (Å²) < 4.78 is 5.52. The Balaban J connectivity index is 2.29. The van der Waals surface area contributed by atoms with Crippen molar-refractivity contribution in [3.63, 3.8) is 0 Å². The molecule has 0 amide bonds. The minimum absolute atomic E-state index is 0.121. The van der Waals surface area contributed by atoms with E-state index in [1.165, 1.54) is 6.42 Å². The van der Waals surface area contributed by atoms with Gasteiger partial charge in [-0.3, -0.25) is 0 Å². The smallest absolute Gasteiger partial charge is 0.137 e. The standard InChI is InChI=1S/C15H24ClN3O/c1-9-12(16)18-14(15(2,3)4)19-13(9)17-10-7-6-8-11(10)20-5/h10-11H,6-8H2,1-5H3,(H,17,18,19). The maximum absolute atomic E-state index is 6.26. The maximum atomic E-state index is 6.26. The summed E-state index contributed by atoms with van der Waals surface area (Å²) in [6.07, 6.45) is 3.63. The first-order valence-corrected chi connectivity index (χ1v) is 7.54. The lowest BCUT2D eigenvalue weighted by molar-refractivity contribution is 0.101. The second-order valence-electron chi connectivity index (χ2n) is 6.52. The number of hydrogen-bond acceptors (Lipinski definition) is 4. The van der Waals surface area contributed by atoms with Gasteiger partial charge >= 0.3 is 0 Å². The molecule has 0 aromatic carbocycles. The van der Waals surface area contributed by atoms with E-state index in [-0.39, 0.29) is 11.5 Å². The molecule has 0 bridgehead atoms. The van der Waals surface area contributed by atoms with Crippen LogP contribution in [0.5, 0.6) is 0 Å². The van der Waals surface area contributed by atoms with Crippen molar-refractivity contribution in [3.8, 4) is 0 Å². The number of rotatable bonds is 3. The van der Waals surface area contributed by atoms with Gasteiger partial charge in [-0.2, -0.15) is 0 Å². The Kier molecular flexibility index (Phi) is 4.55. The van der Waals surface area contributed by atoms with E-state index in [0.29, 0.717) is 11.2 Å². The molecule has 1 saturated carbocycles. The number of nitrogens with one attached hydrogen (secondary N) is 1. The van der Waals surface area contributed by atoms with Gasteiger partial charge in [0.2, 0.25) is 0 Å². The molecule has 1 aromatic heterocycles. The Morgan fingerprint density at radius 1 is 1.25 bits per heavy atom. The lowest BCUT2D eigenvalue weighted by atomic mass is 9.95. The highest BCUT2D eigenvalue weighted by Crippen LogP contribution is 2.29. The zero-order valence-corrected chi connectivity index (χ0v) is 13.7. The molecule has 2 rings (SSSR count). The highest BCUT2D eigenvalue weighted by molar-refractivity contribution is 6.30. The summed E-state index contributed by atoms with van der Waals surface area (Å²) in [6.45, 7) is 8.22. The molecule has 5 heteroatoms. The Hall–Kier alpha value is -0.870. The van der Waals surface area contributed by atoms with Crippen LogP contribution in [0.1, 0.15) is 51.4 Å². The zero-order valence-electron chi connectivity index (χ0n) is 13.0. The molecule has 4 nitrogen and oxygen atoms in total. The second-order valence-corrected chi connectivity index (χ2v) is 6.88. The van der Waals surface area contributed by atoms with Crippen LogP contribution in [0.25, 0.3) is 0 Å². The first-order chi connectivity index (χ1) is 9.32. The average Bonchev–Trinajstić information content (AvgIpc) is 2.80. The molecule has 0 aliphatic heterocycles. The molecule has 2 atom stereocenters. The molecule has 1 N–H and O–H groups in total. The Morgan fingerprint density at radius 3 is 2.55 bits per heavy atom. The van der Waals surface area contributed by atoms with Crippen molar-refractivity contribution in [2.24, 2.45) is 0 Å². The number of halogens is 1. The van der Waals surface area contributed by atoms with Crippen LogP contribution in [0.4, 0.5) is 5.82 Å². The summed E-state index contributed by atoms with van der Waals surface area (Å²) in [5.74, 6) is 1.60. The number of ether oxygens (including phenoxy) is 1. The van der Waals surface area contributed by atoms with Gasteiger partial charge in [0.15, 0.2) is 0 Å². The lowest BCUT2D eigenvalue weighted by Gasteiger charge is -2.24. The van der Waals surface area contributed by atoms with Crippen LogP contribution in [0, 0.1) is 6.92 Å². The third-order valence-electron chi connectivity index (χ3n) is 3.83. The molecular weight excluding hydrogens is 274 g/mol. The van der Waals surface area contributed by atoms with E-state index < -0.39 is 0 Å². The molecule has 0 spiro atoms. The first-order valence-electron chi connectivity index (χ1n) is 7.17. The molecular formula is C15H24ClN3O. The Morgan fingerprint density at radius 2 is 1.95 bits per heavy atom. The number of methoxy groups -OCH3 is 1. The lowest BCUT2D eigenvalue weighted by Crippen LogP contribution is -2.31. The molecule has 2 unspecified atom stereocenters. The molecule has 1 fully saturated rings. The molecule has 0 radical (unpaired) electrons. The largest absolute Gasteiger partial charge is 0.379 e. The molecule has 1 heterocycles. The maximum Gasteiger partial charge on any atom is 0.137 e. The van der Waals surface area contributed by atoms with E-state index in [4.69, 9.17) is 16.3 Å². The van der Waals surface area contributed by atoms with Gasteiger partial charge in [0.1, 0.15) is 16.8 Å². The van der Waals surface area contributed by atoms with Crippen molar-refractivity contribution >= 4 is 17.4 Å². The Bertz CT molecular complexity index is 485. The van der Waals surface area contributed by atoms with Crippen LogP contribution in [0.2, 0.25) is 5.15 Å². The van der Waals surface area contributed by atoms with Gasteiger partial charge in [0.25, 0.3) is 0 Å². The van der Waals surface area contributed by atoms with E-state index in [2.05, 4.69) is 36.1 Å². The SMILES string of the molecule is COC1CCCC1Nc1nc(C(C)(C)C)nc(Cl)c1C. The normalized spacial score (nSPS) is 23.1. The first kappa shape index (κ1) is 15.5. The monoisotopic (exact) mass is 297 g/mol. The van der Waals surface area contributed by atoms with Gasteiger partial charge in [0.05, 0.1) is 12.1 Å². The van der Waals surface area contributed by atoms with Crippen molar-refractivity contribution in [3.05, 3.63) is 16.5 Å². The van der Waals surface area contributed by atoms with Gasteiger partial charge in [0, 0.05) is 18.1 Å². The van der Waals surface area contributed by atoms with Crippen LogP contribution < -0.4 is 5.32 Å². The summed E-state index contributed by atoms with van der Waals surface area (Å²) in [6, 6.07) is 0.303. The van der Waals surface area contributed by atoms with Crippen molar-refractivity contribution in [2.75, 3.05) is 12.4 Å². The third-order valence-corrected chi connectivity index (χ3v) is 4.20. The second kappa shape index (κ2) is 5.86. The van der Waals surface area contributed by atoms with E-state index in [9.17, 15) is 0 Å². The topological polar surface area (TPSA) is 47.0 Å². The summed E-state index contributed by atoms with van der Waals surface area (Å²) in [5.41, 5.74) is 0.783. The summed E-state index contributed by atoms with van der Waals surface area (Å²) in [7, 11) is 1.77. The molecule has 1 aromatic rings. The number of nitrogens with zero attached hydrogens (tertiary/aromatic N) is 2. The number of aromatic nitrogens is 2.